The molecule has 1 atom stereocenters. The van der Waals surface area contributed by atoms with E-state index in [2.05, 4.69) is 0 Å². The summed E-state index contributed by atoms with van der Waals surface area (Å²) in [6.45, 7) is -0.899. The smallest absolute Gasteiger partial charge is 0.324 e. The van der Waals surface area contributed by atoms with E-state index in [4.69, 9.17) is 10.2 Å². The fraction of sp³-hybridized carbons (Fsp3) is 0.222. The first kappa shape index (κ1) is 13.6. The van der Waals surface area contributed by atoms with Gasteiger partial charge in [-0.1, -0.05) is 6.07 Å². The van der Waals surface area contributed by atoms with Gasteiger partial charge in [-0.3, -0.25) is 4.79 Å². The summed E-state index contributed by atoms with van der Waals surface area (Å²) >= 11 is 0. The van der Waals surface area contributed by atoms with E-state index < -0.39 is 39.4 Å². The molecular weight excluding hydrogens is 253 g/mol. The Morgan fingerprint density at radius 1 is 1.47 bits per heavy atom. The highest BCUT2D eigenvalue weighted by Gasteiger charge is 2.24. The zero-order valence-electron chi connectivity index (χ0n) is 8.50. The summed E-state index contributed by atoms with van der Waals surface area (Å²) in [7, 11) is -4.17. The van der Waals surface area contributed by atoms with Crippen molar-refractivity contribution >= 4 is 16.0 Å². The van der Waals surface area contributed by atoms with Crippen molar-refractivity contribution in [3.05, 3.63) is 30.1 Å². The molecule has 94 valence electrons. The van der Waals surface area contributed by atoms with Gasteiger partial charge < -0.3 is 10.2 Å². The molecule has 0 aliphatic carbocycles. The number of nitrogens with one attached hydrogen (secondary N) is 1. The number of aliphatic hydroxyl groups excluding tert-OH is 1. The summed E-state index contributed by atoms with van der Waals surface area (Å²) in [6.07, 6.45) is 0. The van der Waals surface area contributed by atoms with E-state index >= 15 is 0 Å². The second-order valence-electron chi connectivity index (χ2n) is 3.15. The zero-order valence-corrected chi connectivity index (χ0v) is 9.32. The molecular formula is C9H10FNO5S. The Labute approximate surface area is 96.8 Å². The first-order valence-corrected chi connectivity index (χ1v) is 5.96. The topological polar surface area (TPSA) is 104 Å². The van der Waals surface area contributed by atoms with Crippen LogP contribution in [0.15, 0.2) is 29.2 Å². The Balaban J connectivity index is 3.00. The minimum atomic E-state index is -4.17. The summed E-state index contributed by atoms with van der Waals surface area (Å²) in [5, 5.41) is 17.3. The number of rotatable bonds is 5. The van der Waals surface area contributed by atoms with E-state index in [1.54, 1.807) is 4.72 Å². The first-order valence-electron chi connectivity index (χ1n) is 4.48. The largest absolute Gasteiger partial charge is 0.480 e. The molecule has 0 bridgehead atoms. The van der Waals surface area contributed by atoms with Gasteiger partial charge in [0.2, 0.25) is 10.0 Å². The lowest BCUT2D eigenvalue weighted by molar-refractivity contribution is -0.139. The van der Waals surface area contributed by atoms with Gasteiger partial charge in [0, 0.05) is 0 Å². The summed E-state index contributed by atoms with van der Waals surface area (Å²) in [5.41, 5.74) is 0. The molecule has 1 aromatic rings. The number of aliphatic carboxylic acids is 1. The molecule has 8 heteroatoms. The minimum Gasteiger partial charge on any atom is -0.480 e. The number of hydrogen-bond donors (Lipinski definition) is 3. The standard InChI is InChI=1S/C9H10FNO5S/c10-6-2-1-3-7(4-6)17(15,16)11-8(5-12)9(13)14/h1-4,8,11-12H,5H2,(H,13,14)/t8-/m1/s1. The maximum absolute atomic E-state index is 12.8. The van der Waals surface area contributed by atoms with Crippen LogP contribution in [0.25, 0.3) is 0 Å². The molecule has 0 aliphatic rings. The molecule has 0 heterocycles. The molecule has 0 saturated heterocycles. The zero-order chi connectivity index (χ0) is 13.1. The van der Waals surface area contributed by atoms with Crippen LogP contribution in [0.5, 0.6) is 0 Å². The second kappa shape index (κ2) is 5.21. The third-order valence-electron chi connectivity index (χ3n) is 1.88. The van der Waals surface area contributed by atoms with Crippen LogP contribution in [-0.2, 0) is 14.8 Å². The molecule has 1 rings (SSSR count). The van der Waals surface area contributed by atoms with E-state index in [0.717, 1.165) is 18.2 Å². The Kier molecular flexibility index (Phi) is 4.16. The molecule has 0 spiro atoms. The number of halogens is 1. The van der Waals surface area contributed by atoms with Crippen LogP contribution in [0.3, 0.4) is 0 Å². The Hall–Kier alpha value is -1.51. The molecule has 0 aromatic heterocycles. The lowest BCUT2D eigenvalue weighted by Gasteiger charge is -2.12. The van der Waals surface area contributed by atoms with Gasteiger partial charge >= 0.3 is 5.97 Å². The van der Waals surface area contributed by atoms with Crippen LogP contribution in [0.2, 0.25) is 0 Å². The van der Waals surface area contributed by atoms with Gasteiger partial charge in [-0.05, 0) is 18.2 Å². The predicted molar refractivity (Wildman–Crippen MR) is 55.2 cm³/mol. The summed E-state index contributed by atoms with van der Waals surface area (Å²) < 4.78 is 37.8. The molecule has 17 heavy (non-hydrogen) atoms. The van der Waals surface area contributed by atoms with E-state index in [0.29, 0.717) is 0 Å². The molecule has 1 aromatic carbocycles. The van der Waals surface area contributed by atoms with E-state index in [1.165, 1.54) is 6.07 Å². The van der Waals surface area contributed by atoms with Crippen molar-refractivity contribution in [3.63, 3.8) is 0 Å². The number of aliphatic hydroxyl groups is 1. The van der Waals surface area contributed by atoms with Crippen LogP contribution >= 0.6 is 0 Å². The average Bonchev–Trinajstić information content (AvgIpc) is 2.25. The summed E-state index contributed by atoms with van der Waals surface area (Å²) in [6, 6.07) is 2.43. The number of benzene rings is 1. The molecule has 6 nitrogen and oxygen atoms in total. The van der Waals surface area contributed by atoms with Crippen LogP contribution in [-0.4, -0.2) is 37.2 Å². The van der Waals surface area contributed by atoms with Gasteiger partial charge in [-0.2, -0.15) is 4.72 Å². The van der Waals surface area contributed by atoms with Crippen molar-refractivity contribution in [2.24, 2.45) is 0 Å². The van der Waals surface area contributed by atoms with Crippen LogP contribution in [0.1, 0.15) is 0 Å². The molecule has 0 unspecified atom stereocenters. The first-order chi connectivity index (χ1) is 7.86. The van der Waals surface area contributed by atoms with E-state index in [9.17, 15) is 17.6 Å². The van der Waals surface area contributed by atoms with Crippen LogP contribution < -0.4 is 4.72 Å². The normalized spacial score (nSPS) is 13.3. The number of sulfonamides is 1. The maximum atomic E-state index is 12.8. The molecule has 3 N–H and O–H groups in total. The predicted octanol–water partition coefficient (Wildman–Crippen LogP) is -0.450. The average molecular weight is 263 g/mol. The van der Waals surface area contributed by atoms with Crippen molar-refractivity contribution < 1.29 is 27.8 Å². The van der Waals surface area contributed by atoms with Gasteiger partial charge in [0.25, 0.3) is 0 Å². The highest BCUT2D eigenvalue weighted by atomic mass is 32.2. The highest BCUT2D eigenvalue weighted by Crippen LogP contribution is 2.10. The molecule has 0 radical (unpaired) electrons. The van der Waals surface area contributed by atoms with Gasteiger partial charge in [0.1, 0.15) is 11.9 Å². The SMILES string of the molecule is O=C(O)[C@@H](CO)NS(=O)(=O)c1cccc(F)c1. The van der Waals surface area contributed by atoms with Gasteiger partial charge in [-0.15, -0.1) is 0 Å². The molecule has 0 saturated carbocycles. The van der Waals surface area contributed by atoms with Crippen LogP contribution in [0, 0.1) is 5.82 Å². The third kappa shape index (κ3) is 3.48. The van der Waals surface area contributed by atoms with Crippen molar-refractivity contribution in [2.45, 2.75) is 10.9 Å². The lowest BCUT2D eigenvalue weighted by Crippen LogP contribution is -2.43. The monoisotopic (exact) mass is 263 g/mol. The lowest BCUT2D eigenvalue weighted by atomic mass is 10.3. The highest BCUT2D eigenvalue weighted by molar-refractivity contribution is 7.89. The van der Waals surface area contributed by atoms with Crippen molar-refractivity contribution in [1.29, 1.82) is 0 Å². The number of carboxylic acid groups (broad SMARTS) is 1. The Morgan fingerprint density at radius 2 is 2.12 bits per heavy atom. The molecule has 0 aliphatic heterocycles. The Bertz CT molecular complexity index is 516. The van der Waals surface area contributed by atoms with Crippen molar-refractivity contribution in [3.8, 4) is 0 Å². The second-order valence-corrected chi connectivity index (χ2v) is 4.87. The Morgan fingerprint density at radius 3 is 2.59 bits per heavy atom. The number of carboxylic acids is 1. The van der Waals surface area contributed by atoms with Crippen molar-refractivity contribution in [2.75, 3.05) is 6.61 Å². The van der Waals surface area contributed by atoms with E-state index in [1.807, 2.05) is 0 Å². The quantitative estimate of drug-likeness (QED) is 0.667. The van der Waals surface area contributed by atoms with Crippen molar-refractivity contribution in [1.82, 2.24) is 4.72 Å². The summed E-state index contributed by atoms with van der Waals surface area (Å²) in [5.74, 6) is -2.28. The maximum Gasteiger partial charge on any atom is 0.324 e. The van der Waals surface area contributed by atoms with Crippen LogP contribution in [0.4, 0.5) is 4.39 Å². The molecule has 0 fully saturated rings. The summed E-state index contributed by atoms with van der Waals surface area (Å²) in [4.78, 5) is 10.1. The van der Waals surface area contributed by atoms with Gasteiger partial charge in [0.15, 0.2) is 0 Å². The van der Waals surface area contributed by atoms with E-state index in [-0.39, 0.29) is 0 Å². The third-order valence-corrected chi connectivity index (χ3v) is 3.35. The van der Waals surface area contributed by atoms with Gasteiger partial charge in [0.05, 0.1) is 11.5 Å². The fourth-order valence-corrected chi connectivity index (χ4v) is 2.27. The fourth-order valence-electron chi connectivity index (χ4n) is 1.06. The van der Waals surface area contributed by atoms with Gasteiger partial charge in [-0.25, -0.2) is 12.8 Å². The molecule has 0 amide bonds. The number of carbonyl (C=O) groups is 1. The minimum absolute atomic E-state index is 0.405. The number of hydrogen-bond acceptors (Lipinski definition) is 4.